The molecule has 0 aromatic heterocycles. The Morgan fingerprint density at radius 1 is 0.500 bits per heavy atom. The van der Waals surface area contributed by atoms with Crippen molar-refractivity contribution in [2.75, 3.05) is 26.4 Å². The van der Waals surface area contributed by atoms with E-state index in [0.29, 0.717) is 12.8 Å². The van der Waals surface area contributed by atoms with Crippen LogP contribution in [0.4, 0.5) is 0 Å². The molecule has 11 atom stereocenters. The van der Waals surface area contributed by atoms with Gasteiger partial charge in [-0.3, -0.25) is 9.59 Å². The van der Waals surface area contributed by atoms with E-state index >= 15 is 0 Å². The van der Waals surface area contributed by atoms with Crippen LogP contribution in [0.25, 0.3) is 0 Å². The second-order valence-electron chi connectivity index (χ2n) is 16.9. The van der Waals surface area contributed by atoms with Gasteiger partial charge in [0.05, 0.1) is 19.8 Å². The first kappa shape index (κ1) is 57.6. The average molecular weight is 913 g/mol. The Morgan fingerprint density at radius 3 is 1.47 bits per heavy atom. The molecule has 2 saturated heterocycles. The van der Waals surface area contributed by atoms with E-state index in [1.165, 1.54) is 38.5 Å². The maximum absolute atomic E-state index is 12.9. The van der Waals surface area contributed by atoms with E-state index in [2.05, 4.69) is 62.5 Å². The Labute approximate surface area is 382 Å². The first-order valence-electron chi connectivity index (χ1n) is 24.2. The summed E-state index contributed by atoms with van der Waals surface area (Å²) >= 11 is 0. The molecule has 0 aromatic carbocycles. The van der Waals surface area contributed by atoms with Gasteiger partial charge in [-0.1, -0.05) is 114 Å². The molecule has 15 heteroatoms. The van der Waals surface area contributed by atoms with Crippen molar-refractivity contribution >= 4 is 11.9 Å². The van der Waals surface area contributed by atoms with Crippen molar-refractivity contribution in [3.8, 4) is 0 Å². The summed E-state index contributed by atoms with van der Waals surface area (Å²) in [6.07, 6.45) is 21.5. The molecular formula is C49H84O15. The van der Waals surface area contributed by atoms with Crippen LogP contribution >= 0.6 is 0 Å². The first-order chi connectivity index (χ1) is 31.0. The van der Waals surface area contributed by atoms with E-state index < -0.39 is 99.3 Å². The number of unbranched alkanes of at least 4 members (excludes halogenated alkanes) is 14. The van der Waals surface area contributed by atoms with Gasteiger partial charge in [-0.2, -0.15) is 0 Å². The number of carbonyl (C=O) groups is 2. The molecule has 370 valence electrons. The highest BCUT2D eigenvalue weighted by molar-refractivity contribution is 5.70. The lowest BCUT2D eigenvalue weighted by Crippen LogP contribution is -2.61. The minimum absolute atomic E-state index is 0.130. The smallest absolute Gasteiger partial charge is 0.306 e. The molecule has 2 aliphatic rings. The van der Waals surface area contributed by atoms with E-state index in [4.69, 9.17) is 28.4 Å². The summed E-state index contributed by atoms with van der Waals surface area (Å²) in [4.78, 5) is 25.7. The van der Waals surface area contributed by atoms with Crippen LogP contribution < -0.4 is 0 Å². The summed E-state index contributed by atoms with van der Waals surface area (Å²) in [5.74, 6) is -0.974. The number of aliphatic hydroxyl groups is 7. The predicted molar refractivity (Wildman–Crippen MR) is 243 cm³/mol. The lowest BCUT2D eigenvalue weighted by Gasteiger charge is -2.42. The Hall–Kier alpha value is -2.54. The summed E-state index contributed by atoms with van der Waals surface area (Å²) in [5.41, 5.74) is 0. The minimum atomic E-state index is -1.77. The fourth-order valence-corrected chi connectivity index (χ4v) is 7.22. The van der Waals surface area contributed by atoms with Crippen molar-refractivity contribution in [1.29, 1.82) is 0 Å². The third-order valence-electron chi connectivity index (χ3n) is 11.3. The zero-order valence-electron chi connectivity index (χ0n) is 38.8. The number of ether oxygens (including phenoxy) is 6. The molecule has 0 amide bonds. The van der Waals surface area contributed by atoms with Crippen LogP contribution in [0.1, 0.15) is 155 Å². The summed E-state index contributed by atoms with van der Waals surface area (Å²) in [5, 5.41) is 71.9. The van der Waals surface area contributed by atoms with E-state index in [1.54, 1.807) is 0 Å². The zero-order chi connectivity index (χ0) is 46.8. The van der Waals surface area contributed by atoms with Gasteiger partial charge in [-0.15, -0.1) is 0 Å². The lowest BCUT2D eigenvalue weighted by atomic mass is 9.98. The number of esters is 2. The van der Waals surface area contributed by atoms with E-state index in [9.17, 15) is 45.3 Å². The Balaban J connectivity index is 1.85. The van der Waals surface area contributed by atoms with Crippen molar-refractivity contribution in [2.45, 2.75) is 223 Å². The topological polar surface area (TPSA) is 231 Å². The number of aliphatic hydroxyl groups excluding tert-OH is 7. The van der Waals surface area contributed by atoms with Gasteiger partial charge >= 0.3 is 11.9 Å². The van der Waals surface area contributed by atoms with Gasteiger partial charge < -0.3 is 64.2 Å². The number of hydrogen-bond acceptors (Lipinski definition) is 15. The second-order valence-corrected chi connectivity index (χ2v) is 16.9. The average Bonchev–Trinajstić information content (AvgIpc) is 3.29. The third kappa shape index (κ3) is 24.8. The van der Waals surface area contributed by atoms with Crippen molar-refractivity contribution in [2.24, 2.45) is 0 Å². The van der Waals surface area contributed by atoms with Gasteiger partial charge in [0.1, 0.15) is 55.4 Å². The fourth-order valence-electron chi connectivity index (χ4n) is 7.22. The molecular weight excluding hydrogens is 829 g/mol. The van der Waals surface area contributed by atoms with Crippen molar-refractivity contribution in [3.63, 3.8) is 0 Å². The molecule has 2 aliphatic heterocycles. The van der Waals surface area contributed by atoms with Gasteiger partial charge in [0, 0.05) is 12.8 Å². The van der Waals surface area contributed by atoms with Crippen molar-refractivity contribution < 1.29 is 73.8 Å². The first-order valence-corrected chi connectivity index (χ1v) is 24.2. The molecule has 0 spiro atoms. The zero-order valence-corrected chi connectivity index (χ0v) is 38.8. The van der Waals surface area contributed by atoms with Crippen LogP contribution in [0.15, 0.2) is 48.6 Å². The van der Waals surface area contributed by atoms with Crippen molar-refractivity contribution in [3.05, 3.63) is 48.6 Å². The fraction of sp³-hybridized carbons (Fsp3) is 0.796. The highest BCUT2D eigenvalue weighted by atomic mass is 16.7. The van der Waals surface area contributed by atoms with Gasteiger partial charge in [0.2, 0.25) is 0 Å². The number of carbonyl (C=O) groups excluding carboxylic acids is 2. The lowest BCUT2D eigenvalue weighted by molar-refractivity contribution is -0.332. The molecule has 2 rings (SSSR count). The van der Waals surface area contributed by atoms with Crippen LogP contribution in [0, 0.1) is 0 Å². The van der Waals surface area contributed by atoms with Crippen molar-refractivity contribution in [1.82, 2.24) is 0 Å². The maximum Gasteiger partial charge on any atom is 0.306 e. The van der Waals surface area contributed by atoms with E-state index in [0.717, 1.165) is 77.0 Å². The van der Waals surface area contributed by atoms with Gasteiger partial charge in [-0.05, 0) is 77.0 Å². The normalized spacial score (nSPS) is 27.0. The van der Waals surface area contributed by atoms with Crippen LogP contribution in [-0.2, 0) is 38.0 Å². The van der Waals surface area contributed by atoms with Crippen LogP contribution in [-0.4, -0.2) is 142 Å². The molecule has 2 heterocycles. The molecule has 15 nitrogen and oxygen atoms in total. The minimum Gasteiger partial charge on any atom is -0.462 e. The molecule has 0 radical (unpaired) electrons. The Kier molecular flexibility index (Phi) is 32.9. The molecule has 0 saturated carbocycles. The number of hydrogen-bond donors (Lipinski definition) is 7. The van der Waals surface area contributed by atoms with E-state index in [1.807, 2.05) is 0 Å². The largest absolute Gasteiger partial charge is 0.462 e. The quantitative estimate of drug-likeness (QED) is 0.0220. The maximum atomic E-state index is 12.9. The monoisotopic (exact) mass is 913 g/mol. The summed E-state index contributed by atoms with van der Waals surface area (Å²) in [6, 6.07) is 0. The Bertz CT molecular complexity index is 1300. The summed E-state index contributed by atoms with van der Waals surface area (Å²) in [7, 11) is 0. The molecule has 7 N–H and O–H groups in total. The molecule has 2 fully saturated rings. The predicted octanol–water partition coefficient (Wildman–Crippen LogP) is 5.93. The number of rotatable bonds is 36. The molecule has 0 aliphatic carbocycles. The van der Waals surface area contributed by atoms with Crippen LogP contribution in [0.5, 0.6) is 0 Å². The van der Waals surface area contributed by atoms with Crippen LogP contribution in [0.3, 0.4) is 0 Å². The molecule has 0 aromatic rings. The Morgan fingerprint density at radius 2 is 0.938 bits per heavy atom. The molecule has 0 unspecified atom stereocenters. The third-order valence-corrected chi connectivity index (χ3v) is 11.3. The highest BCUT2D eigenvalue weighted by Gasteiger charge is 2.47. The number of allylic oxidation sites excluding steroid dienone is 8. The standard InChI is InChI=1S/C49H84O15/c1-3-5-7-9-11-13-15-17-18-20-21-23-25-27-29-31-40(51)59-34-37(62-41(52)32-30-28-26-24-22-19-16-14-12-10-8-6-4-2)35-60-48-47(58)45(56)43(54)39(64-48)36-61-49-46(57)44(55)42(53)38(33-50)63-49/h11-14,17-19,22,37-39,42-50,53-58H,3-10,15-16,20-21,23-36H2,1-2H3/b13-11-,14-12-,18-17-,22-19-/t37-,38-,39-,42+,43+,44+,45+,46-,47-,48-,49+/m1/s1. The molecule has 64 heavy (non-hydrogen) atoms. The van der Waals surface area contributed by atoms with E-state index in [-0.39, 0.29) is 19.4 Å². The van der Waals surface area contributed by atoms with Gasteiger partial charge in [-0.25, -0.2) is 0 Å². The SMILES string of the molecule is CCCCC/C=C\C/C=C\CCCCCCCC(=O)OC[C@H](CO[C@@H]1O[C@H](CO[C@H]2O[C@H](CO)[C@H](O)[C@H](O)[C@H]2O)[C@H](O)[C@H](O)[C@H]1O)OC(=O)CCCCC/C=C\C/C=C\CCCCC. The molecule has 0 bridgehead atoms. The second kappa shape index (κ2) is 36.6. The van der Waals surface area contributed by atoms with Gasteiger partial charge in [0.25, 0.3) is 0 Å². The van der Waals surface area contributed by atoms with Crippen LogP contribution in [0.2, 0.25) is 0 Å². The highest BCUT2D eigenvalue weighted by Crippen LogP contribution is 2.26. The van der Waals surface area contributed by atoms with Gasteiger partial charge in [0.15, 0.2) is 18.7 Å². The summed E-state index contributed by atoms with van der Waals surface area (Å²) < 4.78 is 33.5. The summed E-state index contributed by atoms with van der Waals surface area (Å²) in [6.45, 7) is 2.47.